The molecule has 0 aromatic carbocycles. The van der Waals surface area contributed by atoms with Crippen molar-refractivity contribution in [2.45, 2.75) is 38.7 Å². The van der Waals surface area contributed by atoms with E-state index < -0.39 is 0 Å². The Labute approximate surface area is 107 Å². The van der Waals surface area contributed by atoms with Crippen LogP contribution in [0.15, 0.2) is 6.07 Å². The van der Waals surface area contributed by atoms with Gasteiger partial charge in [0.25, 0.3) is 0 Å². The zero-order valence-corrected chi connectivity index (χ0v) is 10.7. The van der Waals surface area contributed by atoms with E-state index in [1.165, 1.54) is 6.42 Å². The van der Waals surface area contributed by atoms with Crippen molar-refractivity contribution in [1.29, 1.82) is 0 Å². The molecule has 2 atom stereocenters. The highest BCUT2D eigenvalue weighted by atomic mass is 16.3. The van der Waals surface area contributed by atoms with Crippen molar-refractivity contribution in [3.05, 3.63) is 11.9 Å². The van der Waals surface area contributed by atoms with Crippen LogP contribution >= 0.6 is 0 Å². The molecule has 1 aromatic heterocycles. The number of hydrogen-bond donors (Lipinski definition) is 4. The summed E-state index contributed by atoms with van der Waals surface area (Å²) in [5.74, 6) is 7.65. The first-order valence-electron chi connectivity index (χ1n) is 6.43. The van der Waals surface area contributed by atoms with Gasteiger partial charge in [0.2, 0.25) is 0 Å². The molecular formula is C12H21N5O. The van der Waals surface area contributed by atoms with Gasteiger partial charge in [0.05, 0.1) is 6.10 Å². The van der Waals surface area contributed by atoms with Crippen molar-refractivity contribution in [2.75, 3.05) is 17.3 Å². The molecule has 1 aliphatic rings. The zero-order valence-electron chi connectivity index (χ0n) is 10.7. The van der Waals surface area contributed by atoms with E-state index in [1.54, 1.807) is 6.07 Å². The van der Waals surface area contributed by atoms with Crippen LogP contribution in [0.5, 0.6) is 0 Å². The molecule has 1 heterocycles. The first kappa shape index (κ1) is 13.0. The Morgan fingerprint density at radius 1 is 1.33 bits per heavy atom. The minimum Gasteiger partial charge on any atom is -0.393 e. The molecule has 0 spiro atoms. The van der Waals surface area contributed by atoms with Gasteiger partial charge in [-0.25, -0.2) is 15.8 Å². The van der Waals surface area contributed by atoms with Gasteiger partial charge in [0.15, 0.2) is 0 Å². The third-order valence-corrected chi connectivity index (χ3v) is 3.40. The number of nitrogens with zero attached hydrogens (tertiary/aromatic N) is 2. The Morgan fingerprint density at radius 2 is 2.06 bits per heavy atom. The number of nitrogen functional groups attached to an aromatic ring is 1. The summed E-state index contributed by atoms with van der Waals surface area (Å²) in [7, 11) is 0. The number of aliphatic hydroxyl groups excluding tert-OH is 1. The van der Waals surface area contributed by atoms with Gasteiger partial charge in [-0.15, -0.1) is 0 Å². The van der Waals surface area contributed by atoms with Gasteiger partial charge in [0.1, 0.15) is 17.5 Å². The number of hydrogen-bond acceptors (Lipinski definition) is 6. The summed E-state index contributed by atoms with van der Waals surface area (Å²) in [5.41, 5.74) is 2.51. The molecule has 0 radical (unpaired) electrons. The van der Waals surface area contributed by atoms with Crippen molar-refractivity contribution >= 4 is 11.6 Å². The predicted molar refractivity (Wildman–Crippen MR) is 71.0 cm³/mol. The fraction of sp³-hybridized carbons (Fsp3) is 0.667. The van der Waals surface area contributed by atoms with Crippen LogP contribution in [0, 0.1) is 12.8 Å². The van der Waals surface area contributed by atoms with Crippen LogP contribution in [0.4, 0.5) is 11.6 Å². The fourth-order valence-electron chi connectivity index (χ4n) is 2.39. The van der Waals surface area contributed by atoms with Gasteiger partial charge in [-0.05, 0) is 19.8 Å². The van der Waals surface area contributed by atoms with E-state index >= 15 is 0 Å². The topological polar surface area (TPSA) is 96.1 Å². The molecule has 0 saturated heterocycles. The molecule has 5 N–H and O–H groups in total. The van der Waals surface area contributed by atoms with Crippen LogP contribution in [-0.2, 0) is 0 Å². The molecule has 6 heteroatoms. The Kier molecular flexibility index (Phi) is 4.33. The lowest BCUT2D eigenvalue weighted by Crippen LogP contribution is -2.30. The van der Waals surface area contributed by atoms with E-state index in [0.717, 1.165) is 31.6 Å². The molecule has 100 valence electrons. The normalized spacial score (nSPS) is 23.7. The molecule has 2 unspecified atom stereocenters. The van der Waals surface area contributed by atoms with Crippen molar-refractivity contribution in [2.24, 2.45) is 11.8 Å². The van der Waals surface area contributed by atoms with Crippen molar-refractivity contribution in [1.82, 2.24) is 9.97 Å². The van der Waals surface area contributed by atoms with Gasteiger partial charge < -0.3 is 15.8 Å². The highest BCUT2D eigenvalue weighted by Crippen LogP contribution is 2.24. The Morgan fingerprint density at radius 3 is 2.78 bits per heavy atom. The second-order valence-electron chi connectivity index (χ2n) is 4.82. The van der Waals surface area contributed by atoms with Gasteiger partial charge in [0, 0.05) is 18.5 Å². The highest BCUT2D eigenvalue weighted by molar-refractivity contribution is 5.46. The molecule has 6 nitrogen and oxygen atoms in total. The Hall–Kier alpha value is -1.40. The number of rotatable bonds is 4. The quantitative estimate of drug-likeness (QED) is 0.471. The highest BCUT2D eigenvalue weighted by Gasteiger charge is 2.22. The molecule has 18 heavy (non-hydrogen) atoms. The average molecular weight is 251 g/mol. The third-order valence-electron chi connectivity index (χ3n) is 3.40. The second-order valence-corrected chi connectivity index (χ2v) is 4.82. The molecule has 2 rings (SSSR count). The first-order valence-corrected chi connectivity index (χ1v) is 6.43. The van der Waals surface area contributed by atoms with Gasteiger partial charge in [-0.3, -0.25) is 0 Å². The average Bonchev–Trinajstić information content (AvgIpc) is 2.37. The number of aliphatic hydroxyl groups is 1. The number of aromatic nitrogens is 2. The molecule has 1 aromatic rings. The number of aryl methyl sites for hydroxylation is 1. The van der Waals surface area contributed by atoms with Crippen LogP contribution in [0.3, 0.4) is 0 Å². The smallest absolute Gasteiger partial charge is 0.145 e. The van der Waals surface area contributed by atoms with E-state index in [-0.39, 0.29) is 6.10 Å². The van der Waals surface area contributed by atoms with E-state index in [9.17, 15) is 5.11 Å². The summed E-state index contributed by atoms with van der Waals surface area (Å²) in [6.45, 7) is 2.56. The number of nitrogens with one attached hydrogen (secondary N) is 2. The minimum atomic E-state index is -0.193. The SMILES string of the molecule is Cc1nc(NN)cc(NCC2CCCCC2O)n1. The van der Waals surface area contributed by atoms with Crippen molar-refractivity contribution in [3.63, 3.8) is 0 Å². The van der Waals surface area contributed by atoms with E-state index in [0.29, 0.717) is 17.6 Å². The van der Waals surface area contributed by atoms with Crippen LogP contribution in [0.1, 0.15) is 31.5 Å². The lowest BCUT2D eigenvalue weighted by atomic mass is 9.86. The molecule has 1 saturated carbocycles. The Bertz CT molecular complexity index is 398. The maximum Gasteiger partial charge on any atom is 0.145 e. The lowest BCUT2D eigenvalue weighted by molar-refractivity contribution is 0.0763. The van der Waals surface area contributed by atoms with Gasteiger partial charge >= 0.3 is 0 Å². The van der Waals surface area contributed by atoms with Crippen LogP contribution in [0.2, 0.25) is 0 Å². The maximum absolute atomic E-state index is 9.90. The molecule has 1 fully saturated rings. The standard InChI is InChI=1S/C12H21N5O/c1-8-15-11(6-12(16-8)17-13)14-7-9-4-2-3-5-10(9)18/h6,9-10,18H,2-5,7,13H2,1H3,(H2,14,15,16,17). The number of hydrazine groups is 1. The Balaban J connectivity index is 1.94. The maximum atomic E-state index is 9.90. The van der Waals surface area contributed by atoms with Crippen molar-refractivity contribution in [3.8, 4) is 0 Å². The second kappa shape index (κ2) is 5.97. The van der Waals surface area contributed by atoms with E-state index in [4.69, 9.17) is 5.84 Å². The fourth-order valence-corrected chi connectivity index (χ4v) is 2.39. The summed E-state index contributed by atoms with van der Waals surface area (Å²) in [6, 6.07) is 1.77. The van der Waals surface area contributed by atoms with Gasteiger partial charge in [-0.1, -0.05) is 12.8 Å². The lowest BCUT2D eigenvalue weighted by Gasteiger charge is -2.27. The summed E-state index contributed by atoms with van der Waals surface area (Å²) in [4.78, 5) is 8.42. The van der Waals surface area contributed by atoms with Crippen molar-refractivity contribution < 1.29 is 5.11 Å². The van der Waals surface area contributed by atoms with E-state index in [2.05, 4.69) is 20.7 Å². The minimum absolute atomic E-state index is 0.193. The monoisotopic (exact) mass is 251 g/mol. The zero-order chi connectivity index (χ0) is 13.0. The van der Waals surface area contributed by atoms with E-state index in [1.807, 2.05) is 6.92 Å². The summed E-state index contributed by atoms with van der Waals surface area (Å²) < 4.78 is 0. The third kappa shape index (κ3) is 3.30. The largest absolute Gasteiger partial charge is 0.393 e. The summed E-state index contributed by atoms with van der Waals surface area (Å²) >= 11 is 0. The summed E-state index contributed by atoms with van der Waals surface area (Å²) in [6.07, 6.45) is 4.11. The van der Waals surface area contributed by atoms with Crippen LogP contribution in [-0.4, -0.2) is 27.7 Å². The number of anilines is 2. The predicted octanol–water partition coefficient (Wildman–Crippen LogP) is 1.03. The molecule has 0 aliphatic heterocycles. The molecule has 1 aliphatic carbocycles. The molecule has 0 bridgehead atoms. The molecular weight excluding hydrogens is 230 g/mol. The van der Waals surface area contributed by atoms with Crippen LogP contribution in [0.25, 0.3) is 0 Å². The van der Waals surface area contributed by atoms with Gasteiger partial charge in [-0.2, -0.15) is 0 Å². The van der Waals surface area contributed by atoms with Crippen LogP contribution < -0.4 is 16.6 Å². The molecule has 0 amide bonds. The number of nitrogens with two attached hydrogens (primary N) is 1. The first-order chi connectivity index (χ1) is 8.69. The summed E-state index contributed by atoms with van der Waals surface area (Å²) in [5, 5.41) is 13.2.